The molecule has 4 heterocycles. The van der Waals surface area contributed by atoms with E-state index in [1.807, 2.05) is 0 Å². The second-order valence-electron chi connectivity index (χ2n) is 19.5. The number of fused-ring (bicyclic) bond motifs is 1. The number of carbonyl (C=O) groups is 1. The fourth-order valence-electron chi connectivity index (χ4n) is 11.0. The Morgan fingerprint density at radius 2 is 1.10 bits per heavy atom. The molecule has 0 amide bonds. The molecule has 14 N–H and O–H groups in total. The average molecular weight is 1000 g/mol. The van der Waals surface area contributed by atoms with Gasteiger partial charge in [0.1, 0.15) is 86.0 Å². The molecule has 3 saturated carbocycles. The van der Waals surface area contributed by atoms with Crippen LogP contribution in [-0.2, 0) is 52.2 Å². The van der Waals surface area contributed by atoms with Gasteiger partial charge in [0.15, 0.2) is 18.9 Å². The van der Waals surface area contributed by atoms with Crippen LogP contribution in [0, 0.1) is 17.8 Å². The summed E-state index contributed by atoms with van der Waals surface area (Å²) < 4.78 is 59.4. The molecule has 0 aromatic carbocycles. The van der Waals surface area contributed by atoms with E-state index in [1.165, 1.54) is 14.2 Å². The van der Waals surface area contributed by atoms with Crippen LogP contribution in [0.4, 0.5) is 0 Å². The van der Waals surface area contributed by atoms with Gasteiger partial charge in [0.25, 0.3) is 0 Å². The number of hydrogen-bond acceptors (Lipinski definition) is 25. The minimum atomic E-state index is -1.98. The van der Waals surface area contributed by atoms with Gasteiger partial charge in [-0.2, -0.15) is 0 Å². The van der Waals surface area contributed by atoms with Crippen LogP contribution in [0.15, 0.2) is 12.2 Å². The minimum absolute atomic E-state index is 0.00106. The molecule has 0 aromatic rings. The first-order valence-corrected chi connectivity index (χ1v) is 23.7. The maximum Gasteiger partial charge on any atom is 0.330 e. The number of aliphatic hydroxyl groups excluding tert-OH is 14. The highest BCUT2D eigenvalue weighted by Crippen LogP contribution is 2.45. The van der Waals surface area contributed by atoms with Gasteiger partial charge in [-0.25, -0.2) is 4.79 Å². The lowest BCUT2D eigenvalue weighted by molar-refractivity contribution is -0.380. The molecular weight excluding hydrogens is 928 g/mol. The van der Waals surface area contributed by atoms with Gasteiger partial charge >= 0.3 is 5.97 Å². The molecular formula is C44H72O25. The summed E-state index contributed by atoms with van der Waals surface area (Å²) in [6, 6.07) is 0. The van der Waals surface area contributed by atoms with Crippen LogP contribution in [0.25, 0.3) is 0 Å². The summed E-state index contributed by atoms with van der Waals surface area (Å²) in [7, 11) is 2.90. The first-order chi connectivity index (χ1) is 32.9. The van der Waals surface area contributed by atoms with Gasteiger partial charge in [0.05, 0.1) is 68.1 Å². The zero-order valence-corrected chi connectivity index (χ0v) is 38.4. The second-order valence-corrected chi connectivity index (χ2v) is 19.5. The summed E-state index contributed by atoms with van der Waals surface area (Å²) in [6.45, 7) is -2.21. The molecule has 0 spiro atoms. The number of methoxy groups -OCH3 is 2. The standard InChI is InChI=1S/C44H72O25/c1-60-24-7-16(8-25(61-2)31(24)51)3-6-30(50)62-15-29-34(54)37(57)41(69-43-39(59)36(56)33(53)28(14-46)67-43)44(68-29)65-26-12-19-22(63-40(26)17-4-5-20(48)21(49)9-17)10-18(47)11-23(19)64-42-38(58)35(55)32(52)27(13-45)66-42/h3,6,16-29,31-49,51-59H,4-5,7-15H2,1-2H3. The first kappa shape index (κ1) is 55.0. The average Bonchev–Trinajstić information content (AvgIpc) is 3.33. The topological polar surface area (TPSA) is 393 Å². The van der Waals surface area contributed by atoms with Crippen LogP contribution in [0.5, 0.6) is 0 Å². The highest BCUT2D eigenvalue weighted by atomic mass is 16.8. The van der Waals surface area contributed by atoms with Gasteiger partial charge in [-0.05, 0) is 56.8 Å². The molecule has 69 heavy (non-hydrogen) atoms. The molecule has 3 aliphatic carbocycles. The van der Waals surface area contributed by atoms with Crippen molar-refractivity contribution < 1.29 is 124 Å². The van der Waals surface area contributed by atoms with Crippen molar-refractivity contribution in [3.8, 4) is 0 Å². The smallest absolute Gasteiger partial charge is 0.330 e. The lowest BCUT2D eigenvalue weighted by Crippen LogP contribution is -2.66. The molecule has 4 aliphatic heterocycles. The van der Waals surface area contributed by atoms with Gasteiger partial charge in [-0.15, -0.1) is 0 Å². The van der Waals surface area contributed by atoms with E-state index in [9.17, 15) is 76.3 Å². The maximum absolute atomic E-state index is 13.1. The number of ether oxygens (including phenoxy) is 10. The molecule has 26 unspecified atom stereocenters. The lowest BCUT2D eigenvalue weighted by atomic mass is 9.72. The van der Waals surface area contributed by atoms with Gasteiger partial charge in [0, 0.05) is 32.6 Å². The molecule has 4 saturated heterocycles. The van der Waals surface area contributed by atoms with Gasteiger partial charge in [-0.3, -0.25) is 0 Å². The van der Waals surface area contributed by atoms with E-state index in [0.717, 1.165) is 6.08 Å². The molecule has 25 nitrogen and oxygen atoms in total. The normalized spacial score (nSPS) is 51.0. The Balaban J connectivity index is 1.15. The van der Waals surface area contributed by atoms with Crippen molar-refractivity contribution in [2.45, 2.75) is 205 Å². The third-order valence-electron chi connectivity index (χ3n) is 15.0. The van der Waals surface area contributed by atoms with Crippen molar-refractivity contribution in [3.05, 3.63) is 12.2 Å². The van der Waals surface area contributed by atoms with E-state index in [2.05, 4.69) is 0 Å². The predicted molar refractivity (Wildman–Crippen MR) is 225 cm³/mol. The van der Waals surface area contributed by atoms with E-state index < -0.39 is 191 Å². The quantitative estimate of drug-likeness (QED) is 0.0536. The summed E-state index contributed by atoms with van der Waals surface area (Å²) in [5, 5.41) is 150. The van der Waals surface area contributed by atoms with Crippen molar-refractivity contribution in [2.75, 3.05) is 34.0 Å². The monoisotopic (exact) mass is 1000 g/mol. The Bertz CT molecular complexity index is 1630. The summed E-state index contributed by atoms with van der Waals surface area (Å²) >= 11 is 0. The zero-order valence-electron chi connectivity index (χ0n) is 38.4. The Morgan fingerprint density at radius 1 is 0.536 bits per heavy atom. The van der Waals surface area contributed by atoms with E-state index in [-0.39, 0.29) is 38.0 Å². The van der Waals surface area contributed by atoms with Crippen molar-refractivity contribution in [3.63, 3.8) is 0 Å². The van der Waals surface area contributed by atoms with Crippen molar-refractivity contribution in [2.24, 2.45) is 17.8 Å². The summed E-state index contributed by atoms with van der Waals surface area (Å²) in [6.07, 6.45) is -30.9. The fraction of sp³-hybridized carbons (Fsp3) is 0.932. The van der Waals surface area contributed by atoms with Crippen LogP contribution in [-0.4, -0.2) is 265 Å². The minimum Gasteiger partial charge on any atom is -0.460 e. The lowest BCUT2D eigenvalue weighted by Gasteiger charge is -2.53. The van der Waals surface area contributed by atoms with Crippen molar-refractivity contribution in [1.82, 2.24) is 0 Å². The Labute approximate surface area is 397 Å². The molecule has 7 fully saturated rings. The molecule has 398 valence electrons. The first-order valence-electron chi connectivity index (χ1n) is 23.7. The Hall–Kier alpha value is -1.71. The Morgan fingerprint density at radius 3 is 1.68 bits per heavy atom. The molecule has 0 aromatic heterocycles. The molecule has 7 rings (SSSR count). The number of esters is 1. The van der Waals surface area contributed by atoms with E-state index in [4.69, 9.17) is 47.4 Å². The van der Waals surface area contributed by atoms with Crippen LogP contribution in [0.2, 0.25) is 0 Å². The van der Waals surface area contributed by atoms with E-state index in [1.54, 1.807) is 6.08 Å². The second kappa shape index (κ2) is 24.1. The number of carbonyl (C=O) groups excluding carboxylic acids is 1. The largest absolute Gasteiger partial charge is 0.460 e. The van der Waals surface area contributed by atoms with Gasteiger partial charge in [-0.1, -0.05) is 6.08 Å². The highest BCUT2D eigenvalue weighted by Gasteiger charge is 2.56. The van der Waals surface area contributed by atoms with Gasteiger partial charge < -0.3 is 119 Å². The summed E-state index contributed by atoms with van der Waals surface area (Å²) in [5.74, 6) is -2.31. The molecule has 7 aliphatic rings. The van der Waals surface area contributed by atoms with Crippen LogP contribution in [0.1, 0.15) is 51.4 Å². The Kier molecular flexibility index (Phi) is 19.2. The summed E-state index contributed by atoms with van der Waals surface area (Å²) in [4.78, 5) is 13.1. The SMILES string of the molecule is COC1CC(C=CC(=O)OCC2OC(OC3CC4C(OC5OC(CO)C(O)C(O)C5O)CC(O)CC4OC3C3CCC(O)C(O)C3)C(OC3OC(CO)C(O)C(O)C3O)C(O)C2O)CC(OC)C1O. The fourth-order valence-corrected chi connectivity index (χ4v) is 11.0. The predicted octanol–water partition coefficient (Wildman–Crippen LogP) is -6.46. The third-order valence-corrected chi connectivity index (χ3v) is 15.0. The maximum atomic E-state index is 13.1. The third kappa shape index (κ3) is 12.3. The van der Waals surface area contributed by atoms with Crippen LogP contribution >= 0.6 is 0 Å². The molecule has 26 atom stereocenters. The summed E-state index contributed by atoms with van der Waals surface area (Å²) in [5.41, 5.74) is 0. The zero-order chi connectivity index (χ0) is 50.0. The molecule has 25 heteroatoms. The van der Waals surface area contributed by atoms with Crippen molar-refractivity contribution in [1.29, 1.82) is 0 Å². The van der Waals surface area contributed by atoms with Crippen LogP contribution in [0.3, 0.4) is 0 Å². The molecule has 0 radical (unpaired) electrons. The van der Waals surface area contributed by atoms with Crippen molar-refractivity contribution >= 4 is 5.97 Å². The van der Waals surface area contributed by atoms with E-state index in [0.29, 0.717) is 19.3 Å². The van der Waals surface area contributed by atoms with Crippen LogP contribution < -0.4 is 0 Å². The van der Waals surface area contributed by atoms with E-state index >= 15 is 0 Å². The highest BCUT2D eigenvalue weighted by molar-refractivity contribution is 5.81. The number of rotatable bonds is 15. The number of hydrogen-bond donors (Lipinski definition) is 14. The number of allylic oxidation sites excluding steroid dienone is 1. The molecule has 0 bridgehead atoms. The van der Waals surface area contributed by atoms with Gasteiger partial charge in [0.2, 0.25) is 0 Å². The number of aliphatic hydroxyl groups is 14.